The number of halogens is 3. The quantitative estimate of drug-likeness (QED) is 0.465. The molecule has 4 aromatic rings. The molecule has 0 aliphatic rings. The summed E-state index contributed by atoms with van der Waals surface area (Å²) in [5, 5.41) is 6.03. The zero-order valence-corrected chi connectivity index (χ0v) is 16.7. The maximum atomic E-state index is 13.0. The molecule has 4 rings (SSSR count). The second kappa shape index (κ2) is 8.17. The zero-order valence-electron chi connectivity index (χ0n) is 16.7. The molecule has 8 nitrogen and oxygen atoms in total. The van der Waals surface area contributed by atoms with E-state index in [2.05, 4.69) is 35.6 Å². The summed E-state index contributed by atoms with van der Waals surface area (Å²) >= 11 is 0. The maximum absolute atomic E-state index is 13.0. The van der Waals surface area contributed by atoms with E-state index in [0.29, 0.717) is 28.5 Å². The summed E-state index contributed by atoms with van der Waals surface area (Å²) in [6.07, 6.45) is 0.418. The Kier molecular flexibility index (Phi) is 5.40. The number of hydrogen-bond donors (Lipinski definition) is 2. The Bertz CT molecular complexity index is 1190. The molecule has 160 valence electrons. The van der Waals surface area contributed by atoms with Crippen molar-refractivity contribution in [2.24, 2.45) is 0 Å². The van der Waals surface area contributed by atoms with Gasteiger partial charge in [0.2, 0.25) is 11.9 Å². The molecule has 31 heavy (non-hydrogen) atoms. The van der Waals surface area contributed by atoms with Crippen molar-refractivity contribution in [1.29, 1.82) is 0 Å². The van der Waals surface area contributed by atoms with E-state index in [9.17, 15) is 13.2 Å². The van der Waals surface area contributed by atoms with E-state index >= 15 is 0 Å². The van der Waals surface area contributed by atoms with Crippen LogP contribution in [0.25, 0.3) is 11.2 Å². The summed E-state index contributed by atoms with van der Waals surface area (Å²) in [5.41, 5.74) is 0.855. The lowest BCUT2D eigenvalue weighted by Crippen LogP contribution is -2.09. The molecule has 2 N–H and O–H groups in total. The summed E-state index contributed by atoms with van der Waals surface area (Å²) in [5.74, 6) is 0.953. The van der Waals surface area contributed by atoms with Crippen molar-refractivity contribution in [2.45, 2.75) is 32.6 Å². The van der Waals surface area contributed by atoms with Gasteiger partial charge in [0, 0.05) is 25.0 Å². The summed E-state index contributed by atoms with van der Waals surface area (Å²) in [4.78, 5) is 21.6. The van der Waals surface area contributed by atoms with E-state index < -0.39 is 11.7 Å². The van der Waals surface area contributed by atoms with Crippen LogP contribution >= 0.6 is 0 Å². The van der Waals surface area contributed by atoms with Crippen LogP contribution in [0.1, 0.15) is 31.0 Å². The second-order valence-electron chi connectivity index (χ2n) is 7.06. The molecule has 0 saturated heterocycles. The minimum atomic E-state index is -4.40. The van der Waals surface area contributed by atoms with Crippen LogP contribution in [0.2, 0.25) is 0 Å². The van der Waals surface area contributed by atoms with Crippen molar-refractivity contribution in [1.82, 2.24) is 29.5 Å². The third-order valence-corrected chi connectivity index (χ3v) is 4.48. The van der Waals surface area contributed by atoms with Crippen LogP contribution in [0, 0.1) is 0 Å². The highest BCUT2D eigenvalue weighted by molar-refractivity contribution is 5.84. The number of rotatable bonds is 6. The molecule has 0 saturated carbocycles. The van der Waals surface area contributed by atoms with E-state index in [1.807, 2.05) is 18.4 Å². The van der Waals surface area contributed by atoms with Gasteiger partial charge in [0.05, 0.1) is 11.9 Å². The van der Waals surface area contributed by atoms with Gasteiger partial charge in [-0.25, -0.2) is 15.0 Å². The van der Waals surface area contributed by atoms with E-state index in [4.69, 9.17) is 0 Å². The lowest BCUT2D eigenvalue weighted by molar-refractivity contribution is -0.137. The number of anilines is 3. The van der Waals surface area contributed by atoms with Crippen LogP contribution in [0.3, 0.4) is 0 Å². The molecule has 0 bridgehead atoms. The van der Waals surface area contributed by atoms with Gasteiger partial charge in [-0.3, -0.25) is 5.32 Å². The van der Waals surface area contributed by atoms with Gasteiger partial charge in [-0.15, -0.1) is 0 Å². The highest BCUT2D eigenvalue weighted by atomic mass is 19.4. The van der Waals surface area contributed by atoms with Crippen molar-refractivity contribution in [2.75, 3.05) is 10.6 Å². The molecular formula is C20H19F3N8. The van der Waals surface area contributed by atoms with Gasteiger partial charge in [-0.1, -0.05) is 12.1 Å². The topological polar surface area (TPSA) is 93.4 Å². The van der Waals surface area contributed by atoms with Crippen molar-refractivity contribution in [3.8, 4) is 0 Å². The average Bonchev–Trinajstić information content (AvgIpc) is 3.17. The molecule has 0 fully saturated rings. The third kappa shape index (κ3) is 4.55. The summed E-state index contributed by atoms with van der Waals surface area (Å²) < 4.78 is 40.9. The first kappa shape index (κ1) is 20.5. The van der Waals surface area contributed by atoms with Crippen LogP contribution < -0.4 is 10.6 Å². The number of nitrogens with one attached hydrogen (secondary N) is 2. The van der Waals surface area contributed by atoms with E-state index in [1.165, 1.54) is 6.07 Å². The number of benzene rings is 1. The molecule has 0 atom stereocenters. The second-order valence-corrected chi connectivity index (χ2v) is 7.06. The van der Waals surface area contributed by atoms with E-state index in [1.54, 1.807) is 30.9 Å². The lowest BCUT2D eigenvalue weighted by Gasteiger charge is -2.12. The molecule has 0 aliphatic carbocycles. The van der Waals surface area contributed by atoms with Gasteiger partial charge in [-0.05, 0) is 37.6 Å². The predicted octanol–water partition coefficient (Wildman–Crippen LogP) is 4.57. The van der Waals surface area contributed by atoms with Crippen LogP contribution in [-0.2, 0) is 12.7 Å². The molecule has 11 heteroatoms. The molecule has 3 aromatic heterocycles. The lowest BCUT2D eigenvalue weighted by atomic mass is 10.1. The first-order valence-corrected chi connectivity index (χ1v) is 9.50. The standard InChI is InChI=1S/C20H19F3N8/c1-12(2)31-11-27-15-16(26-10-13-5-3-6-14(9-13)20(21,22)23)28-19(29-17(15)31)30-18-24-7-4-8-25-18/h3-9,11-12H,10H2,1-2H3,(H2,24,25,26,28,29,30). The van der Waals surface area contributed by atoms with Gasteiger partial charge in [0.15, 0.2) is 17.0 Å². The third-order valence-electron chi connectivity index (χ3n) is 4.48. The Morgan fingerprint density at radius 2 is 1.77 bits per heavy atom. The SMILES string of the molecule is CC(C)n1cnc2c(NCc3cccc(C(F)(F)F)c3)nc(Nc3ncccn3)nc21. The number of aromatic nitrogens is 6. The largest absolute Gasteiger partial charge is 0.416 e. The van der Waals surface area contributed by atoms with Gasteiger partial charge >= 0.3 is 6.18 Å². The molecule has 3 heterocycles. The first-order valence-electron chi connectivity index (χ1n) is 9.50. The fraction of sp³-hybridized carbons (Fsp3) is 0.250. The Balaban J connectivity index is 1.67. The number of fused-ring (bicyclic) bond motifs is 1. The molecule has 0 aliphatic heterocycles. The summed E-state index contributed by atoms with van der Waals surface area (Å²) in [7, 11) is 0. The Morgan fingerprint density at radius 3 is 2.48 bits per heavy atom. The molecule has 1 aromatic carbocycles. The Labute approximate surface area is 175 Å². The maximum Gasteiger partial charge on any atom is 0.416 e. The molecule has 0 spiro atoms. The van der Waals surface area contributed by atoms with E-state index in [-0.39, 0.29) is 18.5 Å². The van der Waals surface area contributed by atoms with Crippen LogP contribution in [0.15, 0.2) is 49.1 Å². The molecule has 0 amide bonds. The minimum Gasteiger partial charge on any atom is -0.364 e. The normalized spacial score (nSPS) is 11.8. The zero-order chi connectivity index (χ0) is 22.0. The van der Waals surface area contributed by atoms with Gasteiger partial charge in [0.1, 0.15) is 0 Å². The van der Waals surface area contributed by atoms with Gasteiger partial charge in [-0.2, -0.15) is 23.1 Å². The highest BCUT2D eigenvalue weighted by Crippen LogP contribution is 2.30. The van der Waals surface area contributed by atoms with Crippen molar-refractivity contribution in [3.63, 3.8) is 0 Å². The van der Waals surface area contributed by atoms with Crippen molar-refractivity contribution in [3.05, 3.63) is 60.2 Å². The monoisotopic (exact) mass is 428 g/mol. The predicted molar refractivity (Wildman–Crippen MR) is 110 cm³/mol. The smallest absolute Gasteiger partial charge is 0.364 e. The molecule has 0 unspecified atom stereocenters. The summed E-state index contributed by atoms with van der Waals surface area (Å²) in [6, 6.07) is 6.92. The average molecular weight is 428 g/mol. The number of alkyl halides is 3. The van der Waals surface area contributed by atoms with E-state index in [0.717, 1.165) is 12.1 Å². The number of imidazole rings is 1. The van der Waals surface area contributed by atoms with Crippen LogP contribution in [-0.4, -0.2) is 29.5 Å². The van der Waals surface area contributed by atoms with Crippen molar-refractivity contribution < 1.29 is 13.2 Å². The van der Waals surface area contributed by atoms with Crippen LogP contribution in [0.5, 0.6) is 0 Å². The first-order chi connectivity index (χ1) is 14.8. The molecule has 0 radical (unpaired) electrons. The highest BCUT2D eigenvalue weighted by Gasteiger charge is 2.30. The van der Waals surface area contributed by atoms with Crippen molar-refractivity contribution >= 4 is 28.9 Å². The summed E-state index contributed by atoms with van der Waals surface area (Å²) in [6.45, 7) is 4.12. The van der Waals surface area contributed by atoms with Gasteiger partial charge in [0.25, 0.3) is 0 Å². The Morgan fingerprint density at radius 1 is 1.00 bits per heavy atom. The van der Waals surface area contributed by atoms with Gasteiger partial charge < -0.3 is 9.88 Å². The molecular weight excluding hydrogens is 409 g/mol. The fourth-order valence-electron chi connectivity index (χ4n) is 2.98. The minimum absolute atomic E-state index is 0.0945. The fourth-order valence-corrected chi connectivity index (χ4v) is 2.98. The number of hydrogen-bond acceptors (Lipinski definition) is 7. The van der Waals surface area contributed by atoms with Crippen LogP contribution in [0.4, 0.5) is 30.9 Å². The number of nitrogens with zero attached hydrogens (tertiary/aromatic N) is 6. The Hall–Kier alpha value is -3.76.